The number of aryl methyl sites for hydroxylation is 1. The van der Waals surface area contributed by atoms with E-state index in [4.69, 9.17) is 4.42 Å². The molecule has 0 bridgehead atoms. The van der Waals surface area contributed by atoms with Gasteiger partial charge in [-0.15, -0.1) is 0 Å². The number of furan rings is 1. The average Bonchev–Trinajstić information content (AvgIpc) is 3.62. The highest BCUT2D eigenvalue weighted by atomic mass is 16.4. The molecule has 7 aromatic rings. The monoisotopic (exact) mass is 798 g/mol. The van der Waals surface area contributed by atoms with Crippen molar-refractivity contribution in [2.24, 2.45) is 0 Å². The summed E-state index contributed by atoms with van der Waals surface area (Å²) in [5, 5.41) is 0. The van der Waals surface area contributed by atoms with Crippen molar-refractivity contribution in [3.05, 3.63) is 184 Å². The number of anilines is 6. The standard InChI is InChI=1S/C57H59BN2O/c1-55(2,3)40-29-24-37(25-30-40)51(38-26-31-41(32-27-38)56(4,5)6)39-28-33-46-47(34-39)59(43-18-12-10-13-19-43)48-35-42(57(7,8)9)36-49-53(48)58(46)52-45-22-16-17-23-50(45)61-54(52)60(49)44-20-14-11-15-21-44/h10-15,18-21,24-36,51H,16-17,22-23H2,1-9H3. The highest BCUT2D eigenvalue weighted by Gasteiger charge is 2.48. The Bertz CT molecular complexity index is 2690. The molecule has 0 saturated carbocycles. The number of fused-ring (bicyclic) bond motifs is 6. The molecular formula is C57H59BN2O. The fraction of sp³-hybridized carbons (Fsp3) is 0.298. The van der Waals surface area contributed by atoms with Gasteiger partial charge in [0.25, 0.3) is 6.71 Å². The molecule has 0 spiro atoms. The van der Waals surface area contributed by atoms with Crippen LogP contribution in [0.25, 0.3) is 0 Å². The maximum absolute atomic E-state index is 7.16. The molecule has 0 saturated heterocycles. The zero-order valence-electron chi connectivity index (χ0n) is 37.6. The van der Waals surface area contributed by atoms with Crippen molar-refractivity contribution in [2.75, 3.05) is 9.80 Å². The zero-order valence-corrected chi connectivity index (χ0v) is 37.6. The number of nitrogens with zero attached hydrogens (tertiary/aromatic N) is 2. The van der Waals surface area contributed by atoms with Crippen molar-refractivity contribution in [1.82, 2.24) is 0 Å². The molecule has 3 heterocycles. The highest BCUT2D eigenvalue weighted by molar-refractivity contribution is 7.00. The Balaban J connectivity index is 1.26. The molecule has 10 rings (SSSR count). The lowest BCUT2D eigenvalue weighted by Gasteiger charge is -2.44. The summed E-state index contributed by atoms with van der Waals surface area (Å²) >= 11 is 0. The first-order valence-corrected chi connectivity index (χ1v) is 22.5. The topological polar surface area (TPSA) is 19.6 Å². The Kier molecular flexibility index (Phi) is 9.33. The van der Waals surface area contributed by atoms with E-state index < -0.39 is 0 Å². The first-order chi connectivity index (χ1) is 29.2. The van der Waals surface area contributed by atoms with Gasteiger partial charge in [-0.05, 0) is 133 Å². The summed E-state index contributed by atoms with van der Waals surface area (Å²) in [6, 6.07) is 53.2. The van der Waals surface area contributed by atoms with Crippen molar-refractivity contribution in [3.63, 3.8) is 0 Å². The van der Waals surface area contributed by atoms with Gasteiger partial charge in [0.15, 0.2) is 5.88 Å². The quantitative estimate of drug-likeness (QED) is 0.128. The van der Waals surface area contributed by atoms with Gasteiger partial charge in [-0.1, -0.05) is 159 Å². The van der Waals surface area contributed by atoms with Crippen LogP contribution in [0.2, 0.25) is 0 Å². The Hall–Kier alpha value is -5.74. The molecule has 306 valence electrons. The molecule has 3 aliphatic rings. The van der Waals surface area contributed by atoms with E-state index in [1.54, 1.807) is 0 Å². The lowest BCUT2D eigenvalue weighted by molar-refractivity contribution is 0.484. The van der Waals surface area contributed by atoms with Gasteiger partial charge in [-0.2, -0.15) is 0 Å². The lowest BCUT2D eigenvalue weighted by atomic mass is 9.33. The predicted octanol–water partition coefficient (Wildman–Crippen LogP) is 13.3. The number of para-hydroxylation sites is 2. The molecule has 4 heteroatoms. The van der Waals surface area contributed by atoms with Crippen LogP contribution in [-0.2, 0) is 29.1 Å². The van der Waals surface area contributed by atoms with Crippen LogP contribution >= 0.6 is 0 Å². The van der Waals surface area contributed by atoms with Gasteiger partial charge in [-0.3, -0.25) is 4.90 Å². The van der Waals surface area contributed by atoms with Gasteiger partial charge < -0.3 is 9.32 Å². The summed E-state index contributed by atoms with van der Waals surface area (Å²) in [6.07, 6.45) is 4.38. The van der Waals surface area contributed by atoms with E-state index in [0.29, 0.717) is 0 Å². The summed E-state index contributed by atoms with van der Waals surface area (Å²) in [6.45, 7) is 20.8. The van der Waals surface area contributed by atoms with Crippen LogP contribution < -0.4 is 26.2 Å². The Morgan fingerprint density at radius 2 is 0.967 bits per heavy atom. The van der Waals surface area contributed by atoms with Crippen molar-refractivity contribution < 1.29 is 4.42 Å². The molecule has 3 nitrogen and oxygen atoms in total. The largest absolute Gasteiger partial charge is 0.445 e. The zero-order chi connectivity index (χ0) is 42.4. The molecule has 6 aromatic carbocycles. The first-order valence-electron chi connectivity index (χ1n) is 22.5. The van der Waals surface area contributed by atoms with Crippen molar-refractivity contribution in [1.29, 1.82) is 0 Å². The number of hydrogen-bond acceptors (Lipinski definition) is 3. The minimum atomic E-state index is -0.0971. The van der Waals surface area contributed by atoms with Gasteiger partial charge >= 0.3 is 0 Å². The van der Waals surface area contributed by atoms with Crippen LogP contribution in [0.4, 0.5) is 34.3 Å². The SMILES string of the molecule is CC(C)(C)c1ccc(C(c2ccc(C(C)(C)C)cc2)c2ccc3c(c2)N(c2ccccc2)c2cc(C(C)(C)C)cc4c2B3c2c(oc3c2CCCC3)N4c2ccccc2)cc1. The molecule has 0 atom stereocenters. The smallest absolute Gasteiger partial charge is 0.256 e. The second-order valence-corrected chi connectivity index (χ2v) is 20.9. The van der Waals surface area contributed by atoms with Crippen LogP contribution in [0.15, 0.2) is 144 Å². The summed E-state index contributed by atoms with van der Waals surface area (Å²) in [4.78, 5) is 5.02. The van der Waals surface area contributed by atoms with E-state index in [9.17, 15) is 0 Å². The summed E-state index contributed by atoms with van der Waals surface area (Å²) in [5.74, 6) is 2.20. The Morgan fingerprint density at radius 3 is 1.51 bits per heavy atom. The molecule has 61 heavy (non-hydrogen) atoms. The van der Waals surface area contributed by atoms with E-state index in [1.165, 1.54) is 96.7 Å². The van der Waals surface area contributed by atoms with E-state index in [1.807, 2.05) is 0 Å². The number of rotatable bonds is 5. The molecular weight excluding hydrogens is 739 g/mol. The van der Waals surface area contributed by atoms with Crippen LogP contribution in [0.5, 0.6) is 0 Å². The van der Waals surface area contributed by atoms with Crippen LogP contribution in [0.1, 0.15) is 126 Å². The molecule has 1 aromatic heterocycles. The molecule has 2 aliphatic heterocycles. The van der Waals surface area contributed by atoms with Crippen molar-refractivity contribution >= 4 is 57.4 Å². The average molecular weight is 799 g/mol. The summed E-state index contributed by atoms with van der Waals surface area (Å²) < 4.78 is 7.16. The van der Waals surface area contributed by atoms with Crippen molar-refractivity contribution in [3.8, 4) is 0 Å². The fourth-order valence-corrected chi connectivity index (χ4v) is 10.3. The highest BCUT2D eigenvalue weighted by Crippen LogP contribution is 2.48. The third kappa shape index (κ3) is 6.74. The number of benzene rings is 6. The third-order valence-electron chi connectivity index (χ3n) is 13.6. The van der Waals surface area contributed by atoms with Crippen molar-refractivity contribution in [2.45, 2.75) is 110 Å². The van der Waals surface area contributed by atoms with E-state index in [0.717, 1.165) is 24.4 Å². The van der Waals surface area contributed by atoms with Crippen LogP contribution in [-0.4, -0.2) is 6.71 Å². The summed E-state index contributed by atoms with van der Waals surface area (Å²) in [7, 11) is 0. The minimum absolute atomic E-state index is 0.0270. The van der Waals surface area contributed by atoms with E-state index in [-0.39, 0.29) is 28.9 Å². The first kappa shape index (κ1) is 39.4. The van der Waals surface area contributed by atoms with Gasteiger partial charge in [0.1, 0.15) is 5.76 Å². The normalized spacial score (nSPS) is 14.8. The van der Waals surface area contributed by atoms with Gasteiger partial charge in [-0.25, -0.2) is 0 Å². The lowest BCUT2D eigenvalue weighted by Crippen LogP contribution is -2.62. The Morgan fingerprint density at radius 1 is 0.475 bits per heavy atom. The molecule has 0 amide bonds. The van der Waals surface area contributed by atoms with Gasteiger partial charge in [0.2, 0.25) is 0 Å². The summed E-state index contributed by atoms with van der Waals surface area (Å²) in [5.41, 5.74) is 19.4. The van der Waals surface area contributed by atoms with E-state index in [2.05, 4.69) is 212 Å². The molecule has 0 fully saturated rings. The minimum Gasteiger partial charge on any atom is -0.445 e. The van der Waals surface area contributed by atoms with Crippen LogP contribution in [0.3, 0.4) is 0 Å². The Labute approximate surface area is 364 Å². The maximum Gasteiger partial charge on any atom is 0.256 e. The molecule has 0 radical (unpaired) electrons. The van der Waals surface area contributed by atoms with Gasteiger partial charge in [0.05, 0.1) is 0 Å². The maximum atomic E-state index is 7.16. The van der Waals surface area contributed by atoms with Crippen LogP contribution in [0, 0.1) is 0 Å². The second kappa shape index (κ2) is 14.4. The molecule has 1 aliphatic carbocycles. The van der Waals surface area contributed by atoms with Gasteiger partial charge in [0, 0.05) is 40.8 Å². The van der Waals surface area contributed by atoms with E-state index >= 15 is 0 Å². The predicted molar refractivity (Wildman–Crippen MR) is 259 cm³/mol. The molecule has 0 unspecified atom stereocenters. The molecule has 0 N–H and O–H groups in total. The number of hydrogen-bond donors (Lipinski definition) is 0. The fourth-order valence-electron chi connectivity index (χ4n) is 10.3. The second-order valence-electron chi connectivity index (χ2n) is 20.9. The third-order valence-corrected chi connectivity index (χ3v) is 13.6.